The van der Waals surface area contributed by atoms with Gasteiger partial charge in [-0.1, -0.05) is 17.7 Å². The number of fused-ring (bicyclic) bond motifs is 2. The molecule has 0 fully saturated rings. The van der Waals surface area contributed by atoms with Crippen molar-refractivity contribution in [3.8, 4) is 17.2 Å². The molecule has 0 aromatic heterocycles. The normalized spacial score (nSPS) is 17.2. The van der Waals surface area contributed by atoms with E-state index in [9.17, 15) is 4.79 Å². The molecule has 4 rings (SSSR count). The molecule has 0 heterocycles. The van der Waals surface area contributed by atoms with Crippen LogP contribution in [0.15, 0.2) is 42.0 Å². The van der Waals surface area contributed by atoms with Crippen LogP contribution in [0.4, 0.5) is 0 Å². The zero-order chi connectivity index (χ0) is 21.1. The minimum absolute atomic E-state index is 0.0233. The van der Waals surface area contributed by atoms with Crippen LogP contribution in [-0.4, -0.2) is 33.8 Å². The fourth-order valence-electron chi connectivity index (χ4n) is 4.73. The molecular weight excluding hydrogens is 378 g/mol. The van der Waals surface area contributed by atoms with E-state index in [1.54, 1.807) is 21.3 Å². The van der Waals surface area contributed by atoms with Crippen LogP contribution in [0, 0.1) is 0 Å². The van der Waals surface area contributed by atoms with Gasteiger partial charge < -0.3 is 19.5 Å². The van der Waals surface area contributed by atoms with E-state index >= 15 is 0 Å². The molecule has 1 N–H and O–H groups in total. The first-order chi connectivity index (χ1) is 14.6. The lowest BCUT2D eigenvalue weighted by molar-refractivity contribution is -0.120. The second kappa shape index (κ2) is 8.82. The van der Waals surface area contributed by atoms with Crippen molar-refractivity contribution in [1.82, 2.24) is 5.32 Å². The Bertz CT molecular complexity index is 979. The van der Waals surface area contributed by atoms with Gasteiger partial charge >= 0.3 is 0 Å². The molecule has 0 saturated carbocycles. The van der Waals surface area contributed by atoms with Crippen LogP contribution >= 0.6 is 0 Å². The van der Waals surface area contributed by atoms with Crippen LogP contribution in [0.25, 0.3) is 5.57 Å². The van der Waals surface area contributed by atoms with Gasteiger partial charge in [0, 0.05) is 12.5 Å². The van der Waals surface area contributed by atoms with Crippen LogP contribution in [0.2, 0.25) is 0 Å². The first kappa shape index (κ1) is 20.3. The number of carbonyl (C=O) groups is 1. The van der Waals surface area contributed by atoms with Gasteiger partial charge in [0.05, 0.1) is 27.8 Å². The zero-order valence-electron chi connectivity index (χ0n) is 17.9. The van der Waals surface area contributed by atoms with Gasteiger partial charge in [0.2, 0.25) is 5.91 Å². The number of nitrogens with one attached hydrogen (secondary N) is 1. The highest BCUT2D eigenvalue weighted by atomic mass is 16.5. The van der Waals surface area contributed by atoms with Gasteiger partial charge in [-0.05, 0) is 72.2 Å². The van der Waals surface area contributed by atoms with E-state index < -0.39 is 0 Å². The summed E-state index contributed by atoms with van der Waals surface area (Å²) in [4.78, 5) is 12.7. The Balaban J connectivity index is 1.53. The van der Waals surface area contributed by atoms with Gasteiger partial charge in [-0.15, -0.1) is 0 Å². The number of methoxy groups -OCH3 is 3. The molecule has 2 aliphatic carbocycles. The Kier molecular flexibility index (Phi) is 5.98. The summed E-state index contributed by atoms with van der Waals surface area (Å²) in [6, 6.07) is 11.8. The molecule has 0 saturated heterocycles. The lowest BCUT2D eigenvalue weighted by atomic mass is 9.87. The minimum Gasteiger partial charge on any atom is -0.497 e. The number of allylic oxidation sites excluding steroid dienone is 1. The molecule has 5 nitrogen and oxygen atoms in total. The summed E-state index contributed by atoms with van der Waals surface area (Å²) in [6.45, 7) is 0.601. The predicted molar refractivity (Wildman–Crippen MR) is 117 cm³/mol. The Morgan fingerprint density at radius 3 is 2.53 bits per heavy atom. The van der Waals surface area contributed by atoms with Gasteiger partial charge in [-0.2, -0.15) is 0 Å². The predicted octanol–water partition coefficient (Wildman–Crippen LogP) is 4.50. The third-order valence-corrected chi connectivity index (χ3v) is 6.19. The molecule has 2 aromatic rings. The number of hydrogen-bond donors (Lipinski definition) is 1. The molecular formula is C25H29NO4. The summed E-state index contributed by atoms with van der Waals surface area (Å²) in [6.07, 6.45) is 4.93. The highest BCUT2D eigenvalue weighted by Crippen LogP contribution is 2.51. The standard InChI is InChI=1S/C25H29NO4/c1-28-17-8-6-7-16(11-17)12-25(27)26-15-22-19-10-5-4-9-18(19)20-13-23(29-2)24(30-3)14-21(20)22/h6-8,11,13-14,22H,4-5,9-10,12,15H2,1-3H3,(H,26,27)/t22-/m0/s1. The van der Waals surface area contributed by atoms with Gasteiger partial charge in [0.25, 0.3) is 0 Å². The van der Waals surface area contributed by atoms with Crippen molar-refractivity contribution in [1.29, 1.82) is 0 Å². The molecule has 1 amide bonds. The third kappa shape index (κ3) is 3.89. The molecule has 0 aliphatic heterocycles. The highest BCUT2D eigenvalue weighted by molar-refractivity contribution is 5.82. The van der Waals surface area contributed by atoms with Crippen molar-refractivity contribution in [2.24, 2.45) is 0 Å². The summed E-state index contributed by atoms with van der Waals surface area (Å²) in [5.74, 6) is 2.49. The molecule has 1 atom stereocenters. The summed E-state index contributed by atoms with van der Waals surface area (Å²) < 4.78 is 16.3. The average Bonchev–Trinajstić information content (AvgIpc) is 3.09. The number of amides is 1. The largest absolute Gasteiger partial charge is 0.497 e. The third-order valence-electron chi connectivity index (χ3n) is 6.19. The summed E-state index contributed by atoms with van der Waals surface area (Å²) in [5, 5.41) is 3.16. The second-order valence-electron chi connectivity index (χ2n) is 7.89. The number of carbonyl (C=O) groups excluding carboxylic acids is 1. The maximum atomic E-state index is 12.7. The van der Waals surface area contributed by atoms with Crippen molar-refractivity contribution in [3.63, 3.8) is 0 Å². The van der Waals surface area contributed by atoms with Crippen LogP contribution < -0.4 is 19.5 Å². The highest BCUT2D eigenvalue weighted by Gasteiger charge is 2.34. The van der Waals surface area contributed by atoms with E-state index in [-0.39, 0.29) is 11.8 Å². The SMILES string of the molecule is COc1cccc(CC(=O)NC[C@H]2C3=C(CCCC3)c3cc(OC)c(OC)cc32)c1. The van der Waals surface area contributed by atoms with E-state index in [4.69, 9.17) is 14.2 Å². The lowest BCUT2D eigenvalue weighted by Gasteiger charge is -2.21. The first-order valence-corrected chi connectivity index (χ1v) is 10.5. The Labute approximate surface area is 178 Å². The molecule has 0 bridgehead atoms. The number of benzene rings is 2. The topological polar surface area (TPSA) is 56.8 Å². The van der Waals surface area contributed by atoms with Crippen LogP contribution in [0.5, 0.6) is 17.2 Å². The first-order valence-electron chi connectivity index (χ1n) is 10.5. The fourth-order valence-corrected chi connectivity index (χ4v) is 4.73. The monoisotopic (exact) mass is 407 g/mol. The number of rotatable bonds is 7. The molecule has 5 heteroatoms. The van der Waals surface area contributed by atoms with Crippen molar-refractivity contribution in [2.75, 3.05) is 27.9 Å². The van der Waals surface area contributed by atoms with Gasteiger partial charge in [-0.3, -0.25) is 4.79 Å². The van der Waals surface area contributed by atoms with Crippen molar-refractivity contribution in [2.45, 2.75) is 38.0 Å². The molecule has 30 heavy (non-hydrogen) atoms. The zero-order valence-corrected chi connectivity index (χ0v) is 17.9. The average molecular weight is 408 g/mol. The minimum atomic E-state index is 0.0233. The number of ether oxygens (including phenoxy) is 3. The van der Waals surface area contributed by atoms with Gasteiger partial charge in [-0.25, -0.2) is 0 Å². The van der Waals surface area contributed by atoms with Gasteiger partial charge in [0.15, 0.2) is 11.5 Å². The summed E-state index contributed by atoms with van der Waals surface area (Å²) >= 11 is 0. The molecule has 0 radical (unpaired) electrons. The Morgan fingerprint density at radius 1 is 1.00 bits per heavy atom. The maximum Gasteiger partial charge on any atom is 0.224 e. The smallest absolute Gasteiger partial charge is 0.224 e. The molecule has 0 unspecified atom stereocenters. The van der Waals surface area contributed by atoms with E-state index in [0.717, 1.165) is 35.7 Å². The van der Waals surface area contributed by atoms with Crippen LogP contribution in [-0.2, 0) is 11.2 Å². The van der Waals surface area contributed by atoms with E-state index in [0.29, 0.717) is 13.0 Å². The van der Waals surface area contributed by atoms with Gasteiger partial charge in [0.1, 0.15) is 5.75 Å². The van der Waals surface area contributed by atoms with E-state index in [1.165, 1.54) is 35.1 Å². The van der Waals surface area contributed by atoms with Crippen molar-refractivity contribution >= 4 is 11.5 Å². The van der Waals surface area contributed by atoms with Crippen LogP contribution in [0.3, 0.4) is 0 Å². The van der Waals surface area contributed by atoms with Crippen molar-refractivity contribution in [3.05, 3.63) is 58.7 Å². The lowest BCUT2D eigenvalue weighted by Crippen LogP contribution is -2.30. The summed E-state index contributed by atoms with van der Waals surface area (Å²) in [7, 11) is 4.97. The fraction of sp³-hybridized carbons (Fsp3) is 0.400. The number of hydrogen-bond acceptors (Lipinski definition) is 4. The molecule has 2 aliphatic rings. The second-order valence-corrected chi connectivity index (χ2v) is 7.89. The Morgan fingerprint density at radius 2 is 1.77 bits per heavy atom. The molecule has 158 valence electrons. The van der Waals surface area contributed by atoms with E-state index in [1.807, 2.05) is 24.3 Å². The Hall–Kier alpha value is -2.95. The quantitative estimate of drug-likeness (QED) is 0.734. The summed E-state index contributed by atoms with van der Waals surface area (Å²) in [5.41, 5.74) is 6.34. The molecule has 2 aromatic carbocycles. The maximum absolute atomic E-state index is 12.7. The van der Waals surface area contributed by atoms with E-state index in [2.05, 4.69) is 17.4 Å². The van der Waals surface area contributed by atoms with Crippen LogP contribution in [0.1, 0.15) is 48.3 Å². The molecule has 0 spiro atoms. The van der Waals surface area contributed by atoms with Crippen molar-refractivity contribution < 1.29 is 19.0 Å².